The highest BCUT2D eigenvalue weighted by atomic mass is 16.5. The van der Waals surface area contributed by atoms with Gasteiger partial charge in [-0.3, -0.25) is 4.79 Å². The number of para-hydroxylation sites is 1. The summed E-state index contributed by atoms with van der Waals surface area (Å²) in [5.74, 6) is 1.40. The quantitative estimate of drug-likeness (QED) is 0.757. The summed E-state index contributed by atoms with van der Waals surface area (Å²) in [4.78, 5) is 29.8. The molecule has 0 unspecified atom stereocenters. The Bertz CT molecular complexity index is 821. The van der Waals surface area contributed by atoms with Gasteiger partial charge in [0.1, 0.15) is 11.4 Å². The summed E-state index contributed by atoms with van der Waals surface area (Å²) >= 11 is 0. The normalized spacial score (nSPS) is 25.3. The van der Waals surface area contributed by atoms with Crippen LogP contribution < -0.4 is 10.1 Å². The molecule has 1 saturated carbocycles. The first-order valence-electron chi connectivity index (χ1n) is 12.7. The summed E-state index contributed by atoms with van der Waals surface area (Å²) in [6.45, 7) is 3.24. The highest BCUT2D eigenvalue weighted by Gasteiger charge is 2.44. The van der Waals surface area contributed by atoms with E-state index in [1.54, 1.807) is 0 Å². The van der Waals surface area contributed by atoms with Crippen LogP contribution in [0.25, 0.3) is 0 Å². The Morgan fingerprint density at radius 3 is 2.41 bits per heavy atom. The van der Waals surface area contributed by atoms with Crippen LogP contribution in [-0.4, -0.2) is 59.6 Å². The molecule has 1 N–H and O–H groups in total. The topological polar surface area (TPSA) is 61.9 Å². The Morgan fingerprint density at radius 1 is 0.938 bits per heavy atom. The van der Waals surface area contributed by atoms with E-state index in [1.165, 1.54) is 24.8 Å². The van der Waals surface area contributed by atoms with Gasteiger partial charge in [0.15, 0.2) is 0 Å². The van der Waals surface area contributed by atoms with Gasteiger partial charge in [0.25, 0.3) is 0 Å². The lowest BCUT2D eigenvalue weighted by Gasteiger charge is -2.47. The summed E-state index contributed by atoms with van der Waals surface area (Å²) in [5, 5.41) is 3.26. The van der Waals surface area contributed by atoms with E-state index in [2.05, 4.69) is 11.4 Å². The number of hydrogen-bond donors (Lipinski definition) is 1. The van der Waals surface area contributed by atoms with Crippen LogP contribution in [0.3, 0.4) is 0 Å². The minimum atomic E-state index is -0.272. The monoisotopic (exact) mass is 439 g/mol. The third-order valence-corrected chi connectivity index (χ3v) is 8.08. The molecule has 174 valence electrons. The van der Waals surface area contributed by atoms with Gasteiger partial charge in [-0.25, -0.2) is 4.79 Å². The standard InChI is InChI=1S/C26H37N3O3/c30-24(28-14-6-7-15-28)18-20-19-26(32-23-11-5-4-10-22(20)23)12-16-29(17-13-26)25(31)27-21-8-2-1-3-9-21/h4-5,10-11,20-21H,1-3,6-9,12-19H2,(H,27,31)/t20-/m0/s1. The number of nitrogens with one attached hydrogen (secondary N) is 1. The predicted molar refractivity (Wildman–Crippen MR) is 124 cm³/mol. The lowest BCUT2D eigenvalue weighted by molar-refractivity contribution is -0.131. The second-order valence-electron chi connectivity index (χ2n) is 10.3. The van der Waals surface area contributed by atoms with E-state index in [4.69, 9.17) is 4.74 Å². The van der Waals surface area contributed by atoms with E-state index in [-0.39, 0.29) is 23.5 Å². The Hall–Kier alpha value is -2.24. The van der Waals surface area contributed by atoms with Gasteiger partial charge in [-0.15, -0.1) is 0 Å². The summed E-state index contributed by atoms with van der Waals surface area (Å²) in [6.07, 6.45) is 11.3. The number of nitrogens with zero attached hydrogens (tertiary/aromatic N) is 2. The van der Waals surface area contributed by atoms with Gasteiger partial charge in [0, 0.05) is 57.4 Å². The largest absolute Gasteiger partial charge is 0.487 e. The van der Waals surface area contributed by atoms with Crippen LogP contribution in [0.15, 0.2) is 24.3 Å². The van der Waals surface area contributed by atoms with Gasteiger partial charge in [-0.1, -0.05) is 37.5 Å². The molecule has 3 fully saturated rings. The summed E-state index contributed by atoms with van der Waals surface area (Å²) in [6, 6.07) is 8.66. The fourth-order valence-electron chi connectivity index (χ4n) is 6.17. The third kappa shape index (κ3) is 4.60. The Morgan fingerprint density at radius 2 is 1.66 bits per heavy atom. The molecule has 32 heavy (non-hydrogen) atoms. The van der Waals surface area contributed by atoms with Crippen molar-refractivity contribution >= 4 is 11.9 Å². The SMILES string of the molecule is O=C(C[C@H]1CC2(CCN(C(=O)NC3CCCCC3)CC2)Oc2ccccc21)N1CCCC1. The van der Waals surface area contributed by atoms with E-state index < -0.39 is 0 Å². The molecule has 2 saturated heterocycles. The second-order valence-corrected chi connectivity index (χ2v) is 10.3. The molecule has 6 heteroatoms. The van der Waals surface area contributed by atoms with Gasteiger partial charge in [0.2, 0.25) is 5.91 Å². The van der Waals surface area contributed by atoms with Crippen molar-refractivity contribution in [2.45, 2.75) is 88.2 Å². The molecule has 3 heterocycles. The second kappa shape index (κ2) is 9.32. The number of ether oxygens (including phenoxy) is 1. The number of hydrogen-bond acceptors (Lipinski definition) is 3. The minimum Gasteiger partial charge on any atom is -0.487 e. The molecule has 1 atom stereocenters. The van der Waals surface area contributed by atoms with Crippen molar-refractivity contribution in [3.8, 4) is 5.75 Å². The number of carbonyl (C=O) groups is 2. The molecule has 1 aromatic carbocycles. The molecule has 3 amide bonds. The zero-order valence-electron chi connectivity index (χ0n) is 19.2. The Labute approximate surface area is 191 Å². The molecule has 6 nitrogen and oxygen atoms in total. The highest BCUT2D eigenvalue weighted by molar-refractivity contribution is 5.77. The Kier molecular flexibility index (Phi) is 6.29. The van der Waals surface area contributed by atoms with Crippen LogP contribution in [0.4, 0.5) is 4.79 Å². The van der Waals surface area contributed by atoms with Crippen LogP contribution >= 0.6 is 0 Å². The summed E-state index contributed by atoms with van der Waals surface area (Å²) in [7, 11) is 0. The Balaban J connectivity index is 1.24. The van der Waals surface area contributed by atoms with Crippen LogP contribution in [0.2, 0.25) is 0 Å². The van der Waals surface area contributed by atoms with E-state index >= 15 is 0 Å². The molecule has 0 radical (unpaired) electrons. The molecule has 5 rings (SSSR count). The van der Waals surface area contributed by atoms with E-state index in [1.807, 2.05) is 28.0 Å². The third-order valence-electron chi connectivity index (χ3n) is 8.08. The number of fused-ring (bicyclic) bond motifs is 1. The fourth-order valence-corrected chi connectivity index (χ4v) is 6.17. The van der Waals surface area contributed by atoms with Crippen LogP contribution in [0.5, 0.6) is 5.75 Å². The average molecular weight is 440 g/mol. The maximum Gasteiger partial charge on any atom is 0.317 e. The molecule has 4 aliphatic rings. The molecule has 1 aliphatic carbocycles. The first-order chi connectivity index (χ1) is 15.6. The molecule has 3 aliphatic heterocycles. The van der Waals surface area contributed by atoms with Crippen LogP contribution in [-0.2, 0) is 4.79 Å². The number of amides is 3. The maximum absolute atomic E-state index is 12.9. The van der Waals surface area contributed by atoms with Crippen molar-refractivity contribution in [1.82, 2.24) is 15.1 Å². The van der Waals surface area contributed by atoms with Gasteiger partial charge in [-0.2, -0.15) is 0 Å². The summed E-state index contributed by atoms with van der Waals surface area (Å²) in [5.41, 5.74) is 0.898. The van der Waals surface area contributed by atoms with E-state index in [0.29, 0.717) is 25.6 Å². The lowest BCUT2D eigenvalue weighted by atomic mass is 9.76. The van der Waals surface area contributed by atoms with Gasteiger partial charge in [-0.05, 0) is 43.7 Å². The zero-order chi connectivity index (χ0) is 22.0. The number of likely N-dealkylation sites (tertiary alicyclic amines) is 2. The molecule has 0 aromatic heterocycles. The molecular formula is C26H37N3O3. The van der Waals surface area contributed by atoms with E-state index in [9.17, 15) is 9.59 Å². The van der Waals surface area contributed by atoms with E-state index in [0.717, 1.165) is 63.8 Å². The van der Waals surface area contributed by atoms with Crippen molar-refractivity contribution < 1.29 is 14.3 Å². The smallest absolute Gasteiger partial charge is 0.317 e. The zero-order valence-corrected chi connectivity index (χ0v) is 19.2. The lowest BCUT2D eigenvalue weighted by Crippen LogP contribution is -2.55. The maximum atomic E-state index is 12.9. The predicted octanol–water partition coefficient (Wildman–Crippen LogP) is 4.44. The first kappa shape index (κ1) is 21.6. The molecular weight excluding hydrogens is 402 g/mol. The molecule has 0 bridgehead atoms. The van der Waals surface area contributed by atoms with Gasteiger partial charge in [0.05, 0.1) is 0 Å². The number of carbonyl (C=O) groups excluding carboxylic acids is 2. The molecule has 1 aromatic rings. The van der Waals surface area contributed by atoms with Crippen molar-refractivity contribution in [3.63, 3.8) is 0 Å². The van der Waals surface area contributed by atoms with Crippen molar-refractivity contribution in [2.75, 3.05) is 26.2 Å². The van der Waals surface area contributed by atoms with Gasteiger partial charge < -0.3 is 19.9 Å². The molecule has 1 spiro atoms. The average Bonchev–Trinajstić information content (AvgIpc) is 3.35. The summed E-state index contributed by atoms with van der Waals surface area (Å²) < 4.78 is 6.59. The van der Waals surface area contributed by atoms with Crippen LogP contribution in [0.1, 0.15) is 82.1 Å². The number of piperidine rings is 1. The first-order valence-corrected chi connectivity index (χ1v) is 12.7. The van der Waals surface area contributed by atoms with Crippen molar-refractivity contribution in [1.29, 1.82) is 0 Å². The van der Waals surface area contributed by atoms with Gasteiger partial charge >= 0.3 is 6.03 Å². The highest BCUT2D eigenvalue weighted by Crippen LogP contribution is 2.46. The number of urea groups is 1. The van der Waals surface area contributed by atoms with Crippen molar-refractivity contribution in [2.24, 2.45) is 0 Å². The van der Waals surface area contributed by atoms with Crippen LogP contribution in [0, 0.1) is 0 Å². The number of rotatable bonds is 3. The number of benzene rings is 1. The fraction of sp³-hybridized carbons (Fsp3) is 0.692. The van der Waals surface area contributed by atoms with Crippen molar-refractivity contribution in [3.05, 3.63) is 29.8 Å². The minimum absolute atomic E-state index is 0.0868.